The van der Waals surface area contributed by atoms with Gasteiger partial charge in [0, 0.05) is 23.0 Å². The number of benzene rings is 3. The maximum absolute atomic E-state index is 12.9. The fourth-order valence-corrected chi connectivity index (χ4v) is 5.54. The molecule has 11 heteroatoms. The summed E-state index contributed by atoms with van der Waals surface area (Å²) in [6.07, 6.45) is 3.35. The third-order valence-corrected chi connectivity index (χ3v) is 7.89. The Bertz CT molecular complexity index is 1710. The molecular formula is C28H23N5O4S2. The van der Waals surface area contributed by atoms with Crippen LogP contribution < -0.4 is 14.9 Å². The summed E-state index contributed by atoms with van der Waals surface area (Å²) in [6.45, 7) is 0. The smallest absolute Gasteiger partial charge is 0.271 e. The molecule has 0 spiro atoms. The number of methoxy groups -OCH3 is 1. The van der Waals surface area contributed by atoms with Crippen LogP contribution in [0.15, 0.2) is 113 Å². The molecule has 0 unspecified atom stereocenters. The van der Waals surface area contributed by atoms with Crippen molar-refractivity contribution in [2.24, 2.45) is 5.10 Å². The molecule has 5 rings (SSSR count). The van der Waals surface area contributed by atoms with Gasteiger partial charge < -0.3 is 4.74 Å². The van der Waals surface area contributed by atoms with E-state index < -0.39 is 15.9 Å². The quantitative estimate of drug-likeness (QED) is 0.192. The van der Waals surface area contributed by atoms with E-state index in [2.05, 4.69) is 15.2 Å². The molecule has 0 radical (unpaired) electrons. The highest BCUT2D eigenvalue weighted by Crippen LogP contribution is 2.27. The number of nitrogens with zero attached hydrogens (tertiary/aromatic N) is 3. The predicted octanol–water partition coefficient (Wildman–Crippen LogP) is 5.17. The maximum atomic E-state index is 12.9. The number of ether oxygens (including phenoxy) is 1. The Morgan fingerprint density at radius 1 is 1.00 bits per heavy atom. The molecule has 0 aliphatic carbocycles. The second-order valence-electron chi connectivity index (χ2n) is 8.25. The van der Waals surface area contributed by atoms with Gasteiger partial charge in [0.05, 0.1) is 28.8 Å². The van der Waals surface area contributed by atoms with E-state index in [1.807, 2.05) is 54.0 Å². The third kappa shape index (κ3) is 6.06. The van der Waals surface area contributed by atoms with Crippen molar-refractivity contribution in [2.75, 3.05) is 11.8 Å². The van der Waals surface area contributed by atoms with Crippen LogP contribution in [0.4, 0.5) is 5.69 Å². The van der Waals surface area contributed by atoms with Gasteiger partial charge in [-0.25, -0.2) is 18.5 Å². The van der Waals surface area contributed by atoms with Crippen LogP contribution in [0.2, 0.25) is 0 Å². The van der Waals surface area contributed by atoms with Crippen LogP contribution >= 0.6 is 11.3 Å². The second-order valence-corrected chi connectivity index (χ2v) is 10.9. The number of amides is 1. The van der Waals surface area contributed by atoms with Gasteiger partial charge in [-0.2, -0.15) is 10.2 Å². The topological polar surface area (TPSA) is 115 Å². The molecule has 196 valence electrons. The number of sulfonamides is 1. The van der Waals surface area contributed by atoms with E-state index >= 15 is 0 Å². The Morgan fingerprint density at radius 3 is 2.51 bits per heavy atom. The fraction of sp³-hybridized carbons (Fsp3) is 0.0357. The monoisotopic (exact) mass is 557 g/mol. The van der Waals surface area contributed by atoms with Crippen LogP contribution in [-0.4, -0.2) is 37.4 Å². The lowest BCUT2D eigenvalue weighted by Crippen LogP contribution is -2.19. The van der Waals surface area contributed by atoms with Crippen molar-refractivity contribution >= 4 is 39.2 Å². The molecule has 0 fully saturated rings. The molecule has 3 aromatic carbocycles. The Balaban J connectivity index is 1.32. The minimum absolute atomic E-state index is 0.0564. The number of rotatable bonds is 9. The first-order valence-corrected chi connectivity index (χ1v) is 14.1. The van der Waals surface area contributed by atoms with Gasteiger partial charge in [0.2, 0.25) is 0 Å². The lowest BCUT2D eigenvalue weighted by molar-refractivity contribution is 0.0955. The number of carbonyl (C=O) groups is 1. The predicted molar refractivity (Wildman–Crippen MR) is 152 cm³/mol. The number of carbonyl (C=O) groups excluding carboxylic acids is 1. The highest BCUT2D eigenvalue weighted by molar-refractivity contribution is 7.92. The fourth-order valence-electron chi connectivity index (χ4n) is 3.70. The number of thiophene rings is 1. The lowest BCUT2D eigenvalue weighted by Gasteiger charge is -2.09. The van der Waals surface area contributed by atoms with Gasteiger partial charge in [-0.1, -0.05) is 30.3 Å². The zero-order valence-electron chi connectivity index (χ0n) is 20.7. The van der Waals surface area contributed by atoms with Gasteiger partial charge in [0.15, 0.2) is 0 Å². The number of para-hydroxylation sites is 1. The molecule has 0 aliphatic heterocycles. The number of anilines is 1. The SMILES string of the molecule is COc1ccc(NS(=O)(=O)c2cccc(C(=O)NN=Cc3cn(-c4ccccc4)nc3-c3cccs3)c2)cc1. The largest absolute Gasteiger partial charge is 0.497 e. The van der Waals surface area contributed by atoms with Crippen LogP contribution in [0.25, 0.3) is 16.3 Å². The van der Waals surface area contributed by atoms with Gasteiger partial charge >= 0.3 is 0 Å². The molecule has 0 bridgehead atoms. The van der Waals surface area contributed by atoms with E-state index in [1.165, 1.54) is 37.6 Å². The van der Waals surface area contributed by atoms with Crippen molar-refractivity contribution < 1.29 is 17.9 Å². The van der Waals surface area contributed by atoms with E-state index in [0.717, 1.165) is 16.3 Å². The summed E-state index contributed by atoms with van der Waals surface area (Å²) in [5.41, 5.74) is 5.31. The average Bonchev–Trinajstić information content (AvgIpc) is 3.64. The second kappa shape index (κ2) is 11.3. The van der Waals surface area contributed by atoms with Crippen LogP contribution in [0.5, 0.6) is 5.75 Å². The molecule has 2 aromatic heterocycles. The van der Waals surface area contributed by atoms with E-state index in [0.29, 0.717) is 17.0 Å². The number of nitrogens with one attached hydrogen (secondary N) is 2. The van der Waals surface area contributed by atoms with Gasteiger partial charge in [-0.05, 0) is 66.0 Å². The molecule has 0 saturated carbocycles. The molecule has 0 atom stereocenters. The summed E-state index contributed by atoms with van der Waals surface area (Å²) in [4.78, 5) is 13.7. The standard InChI is InChI=1S/C28H23N5O4S2/c1-37-24-14-12-22(13-15-24)32-39(35,36)25-10-5-7-20(17-25)28(34)30-29-18-21-19-33(23-8-3-2-4-9-23)31-27(21)26-11-6-16-38-26/h2-19,32H,1H3,(H,30,34). The summed E-state index contributed by atoms with van der Waals surface area (Å²) >= 11 is 1.55. The normalized spacial score (nSPS) is 11.4. The highest BCUT2D eigenvalue weighted by Gasteiger charge is 2.17. The van der Waals surface area contributed by atoms with Crippen LogP contribution in [0.1, 0.15) is 15.9 Å². The lowest BCUT2D eigenvalue weighted by atomic mass is 10.2. The molecule has 5 aromatic rings. The van der Waals surface area contributed by atoms with Gasteiger partial charge in [-0.15, -0.1) is 11.3 Å². The summed E-state index contributed by atoms with van der Waals surface area (Å²) < 4.78 is 35.1. The Kier molecular flexibility index (Phi) is 7.53. The van der Waals surface area contributed by atoms with Crippen molar-refractivity contribution in [3.8, 4) is 22.0 Å². The van der Waals surface area contributed by atoms with Crippen molar-refractivity contribution in [1.82, 2.24) is 15.2 Å². The Hall–Kier alpha value is -4.74. The number of hydrogen-bond acceptors (Lipinski definition) is 7. The van der Waals surface area contributed by atoms with Crippen LogP contribution in [-0.2, 0) is 10.0 Å². The van der Waals surface area contributed by atoms with Crippen molar-refractivity contribution in [3.05, 3.63) is 114 Å². The third-order valence-electron chi connectivity index (χ3n) is 5.64. The van der Waals surface area contributed by atoms with E-state index in [9.17, 15) is 13.2 Å². The van der Waals surface area contributed by atoms with E-state index in [1.54, 1.807) is 40.3 Å². The molecule has 39 heavy (non-hydrogen) atoms. The molecule has 2 N–H and O–H groups in total. The number of hydrazone groups is 1. The molecule has 1 amide bonds. The minimum Gasteiger partial charge on any atom is -0.497 e. The molecule has 0 aliphatic rings. The van der Waals surface area contributed by atoms with Crippen LogP contribution in [0, 0.1) is 0 Å². The van der Waals surface area contributed by atoms with Gasteiger partial charge in [0.25, 0.3) is 15.9 Å². The first-order chi connectivity index (χ1) is 18.9. The first-order valence-electron chi connectivity index (χ1n) is 11.7. The molecule has 2 heterocycles. The number of aromatic nitrogens is 2. The maximum Gasteiger partial charge on any atom is 0.271 e. The first kappa shape index (κ1) is 25.9. The highest BCUT2D eigenvalue weighted by atomic mass is 32.2. The zero-order chi connectivity index (χ0) is 27.2. The summed E-state index contributed by atoms with van der Waals surface area (Å²) in [5, 5.41) is 10.8. The summed E-state index contributed by atoms with van der Waals surface area (Å²) in [5.74, 6) is 0.0490. The Labute approximate surface area is 229 Å². The zero-order valence-corrected chi connectivity index (χ0v) is 22.3. The minimum atomic E-state index is -3.93. The van der Waals surface area contributed by atoms with Crippen molar-refractivity contribution in [1.29, 1.82) is 0 Å². The molecule has 0 saturated heterocycles. The van der Waals surface area contributed by atoms with Gasteiger partial charge in [0.1, 0.15) is 11.4 Å². The van der Waals surface area contributed by atoms with E-state index in [4.69, 9.17) is 9.84 Å². The van der Waals surface area contributed by atoms with Crippen molar-refractivity contribution in [2.45, 2.75) is 4.90 Å². The van der Waals surface area contributed by atoms with Gasteiger partial charge in [-0.3, -0.25) is 9.52 Å². The van der Waals surface area contributed by atoms with Crippen LogP contribution in [0.3, 0.4) is 0 Å². The molecular weight excluding hydrogens is 534 g/mol. The summed E-state index contributed by atoms with van der Waals surface area (Å²) in [6, 6.07) is 25.8. The number of hydrogen-bond donors (Lipinski definition) is 2. The average molecular weight is 558 g/mol. The Morgan fingerprint density at radius 2 is 1.79 bits per heavy atom. The molecule has 9 nitrogen and oxygen atoms in total. The summed E-state index contributed by atoms with van der Waals surface area (Å²) in [7, 11) is -2.40. The van der Waals surface area contributed by atoms with E-state index in [-0.39, 0.29) is 10.5 Å². The van der Waals surface area contributed by atoms with Crippen molar-refractivity contribution in [3.63, 3.8) is 0 Å².